The van der Waals surface area contributed by atoms with Gasteiger partial charge in [0.25, 0.3) is 0 Å². The molecule has 0 aliphatic heterocycles. The fraction of sp³-hybridized carbons (Fsp3) is 0.250. The number of aliphatic hydroxyl groups is 1. The summed E-state index contributed by atoms with van der Waals surface area (Å²) in [6, 6.07) is 5.75. The zero-order valence-corrected chi connectivity index (χ0v) is 10.8. The molecular formula is C12H13ClN2OS. The lowest BCUT2D eigenvalue weighted by molar-refractivity contribution is 0.301. The minimum Gasteiger partial charge on any atom is -0.395 e. The van der Waals surface area contributed by atoms with Gasteiger partial charge in [0.1, 0.15) is 5.82 Å². The third-order valence-electron chi connectivity index (χ3n) is 2.36. The van der Waals surface area contributed by atoms with Crippen LogP contribution in [0.1, 0.15) is 5.56 Å². The zero-order valence-electron chi connectivity index (χ0n) is 9.21. The number of aliphatic hydroxyl groups excluding tert-OH is 1. The Kier molecular flexibility index (Phi) is 4.36. The standard InChI is InChI=1S/C12H13ClN2OS/c13-11-1-2-12(14-7-11)15(4-5-16)8-10-3-6-17-9-10/h1-3,6-7,9,16H,4-5,8H2. The van der Waals surface area contributed by atoms with Gasteiger partial charge in [-0.3, -0.25) is 0 Å². The number of nitrogens with zero attached hydrogens (tertiary/aromatic N) is 2. The molecule has 0 spiro atoms. The van der Waals surface area contributed by atoms with Gasteiger partial charge in [0, 0.05) is 19.3 Å². The quantitative estimate of drug-likeness (QED) is 0.906. The summed E-state index contributed by atoms with van der Waals surface area (Å²) in [6.07, 6.45) is 1.62. The largest absolute Gasteiger partial charge is 0.395 e. The van der Waals surface area contributed by atoms with Crippen LogP contribution in [0.3, 0.4) is 0 Å². The van der Waals surface area contributed by atoms with Gasteiger partial charge >= 0.3 is 0 Å². The minimum atomic E-state index is 0.106. The lowest BCUT2D eigenvalue weighted by Gasteiger charge is -2.22. The first-order chi connectivity index (χ1) is 8.29. The van der Waals surface area contributed by atoms with Crippen LogP contribution in [0.25, 0.3) is 0 Å². The number of anilines is 1. The van der Waals surface area contributed by atoms with Gasteiger partial charge in [-0.2, -0.15) is 11.3 Å². The van der Waals surface area contributed by atoms with Crippen molar-refractivity contribution in [2.75, 3.05) is 18.1 Å². The highest BCUT2D eigenvalue weighted by Gasteiger charge is 2.08. The summed E-state index contributed by atoms with van der Waals surface area (Å²) in [5, 5.41) is 13.8. The van der Waals surface area contributed by atoms with E-state index in [2.05, 4.69) is 16.4 Å². The third-order valence-corrected chi connectivity index (χ3v) is 3.31. The monoisotopic (exact) mass is 268 g/mol. The van der Waals surface area contributed by atoms with Crippen LogP contribution in [0.5, 0.6) is 0 Å². The van der Waals surface area contributed by atoms with E-state index in [1.54, 1.807) is 17.5 Å². The van der Waals surface area contributed by atoms with Gasteiger partial charge in [0.15, 0.2) is 0 Å². The molecule has 2 rings (SSSR count). The number of thiophene rings is 1. The van der Waals surface area contributed by atoms with Crippen LogP contribution < -0.4 is 4.90 Å². The van der Waals surface area contributed by atoms with Gasteiger partial charge in [0.05, 0.1) is 11.6 Å². The van der Waals surface area contributed by atoms with Crippen LogP contribution in [0.15, 0.2) is 35.2 Å². The van der Waals surface area contributed by atoms with Gasteiger partial charge in [-0.05, 0) is 34.5 Å². The molecule has 17 heavy (non-hydrogen) atoms. The predicted octanol–water partition coefficient (Wildman–Crippen LogP) is 2.80. The highest BCUT2D eigenvalue weighted by molar-refractivity contribution is 7.07. The summed E-state index contributed by atoms with van der Waals surface area (Å²) in [6.45, 7) is 1.41. The maximum atomic E-state index is 9.09. The smallest absolute Gasteiger partial charge is 0.128 e. The van der Waals surface area contributed by atoms with Crippen molar-refractivity contribution < 1.29 is 5.11 Å². The second-order valence-corrected chi connectivity index (χ2v) is 4.83. The van der Waals surface area contributed by atoms with Crippen molar-refractivity contribution in [2.24, 2.45) is 0 Å². The maximum Gasteiger partial charge on any atom is 0.128 e. The topological polar surface area (TPSA) is 36.4 Å². The molecule has 0 saturated heterocycles. The number of aromatic nitrogens is 1. The average molecular weight is 269 g/mol. The molecule has 0 radical (unpaired) electrons. The molecule has 3 nitrogen and oxygen atoms in total. The van der Waals surface area contributed by atoms with Crippen molar-refractivity contribution in [1.29, 1.82) is 0 Å². The van der Waals surface area contributed by atoms with Crippen molar-refractivity contribution in [2.45, 2.75) is 6.54 Å². The number of halogens is 1. The van der Waals surface area contributed by atoms with E-state index in [4.69, 9.17) is 16.7 Å². The van der Waals surface area contributed by atoms with Gasteiger partial charge in [0.2, 0.25) is 0 Å². The van der Waals surface area contributed by atoms with E-state index in [0.717, 1.165) is 12.4 Å². The predicted molar refractivity (Wildman–Crippen MR) is 71.7 cm³/mol. The molecule has 0 unspecified atom stereocenters. The van der Waals surface area contributed by atoms with Gasteiger partial charge < -0.3 is 10.0 Å². The van der Waals surface area contributed by atoms with E-state index in [1.165, 1.54) is 5.56 Å². The Balaban J connectivity index is 2.13. The third kappa shape index (κ3) is 3.43. The maximum absolute atomic E-state index is 9.09. The fourth-order valence-corrected chi connectivity index (χ4v) is 2.33. The molecule has 0 bridgehead atoms. The Morgan fingerprint density at radius 3 is 2.82 bits per heavy atom. The van der Waals surface area contributed by atoms with Crippen LogP contribution in [0, 0.1) is 0 Å². The zero-order chi connectivity index (χ0) is 12.1. The molecule has 5 heteroatoms. The molecule has 0 amide bonds. The van der Waals surface area contributed by atoms with E-state index in [-0.39, 0.29) is 6.61 Å². The summed E-state index contributed by atoms with van der Waals surface area (Å²) in [5.41, 5.74) is 1.22. The lowest BCUT2D eigenvalue weighted by atomic mass is 10.3. The highest BCUT2D eigenvalue weighted by Crippen LogP contribution is 2.17. The Morgan fingerprint density at radius 2 is 2.24 bits per heavy atom. The van der Waals surface area contributed by atoms with Crippen LogP contribution in [-0.2, 0) is 6.54 Å². The van der Waals surface area contributed by atoms with Crippen molar-refractivity contribution in [3.63, 3.8) is 0 Å². The molecule has 2 aromatic heterocycles. The highest BCUT2D eigenvalue weighted by atomic mass is 35.5. The minimum absolute atomic E-state index is 0.106. The number of rotatable bonds is 5. The van der Waals surface area contributed by atoms with Gasteiger partial charge in [-0.15, -0.1) is 0 Å². The lowest BCUT2D eigenvalue weighted by Crippen LogP contribution is -2.26. The summed E-state index contributed by atoms with van der Waals surface area (Å²) < 4.78 is 0. The summed E-state index contributed by atoms with van der Waals surface area (Å²) in [4.78, 5) is 6.29. The SMILES string of the molecule is OCCN(Cc1ccsc1)c1ccc(Cl)cn1. The van der Waals surface area contributed by atoms with E-state index >= 15 is 0 Å². The molecule has 90 valence electrons. The Morgan fingerprint density at radius 1 is 1.35 bits per heavy atom. The Labute approximate surface area is 109 Å². The normalized spacial score (nSPS) is 10.5. The molecule has 0 saturated carbocycles. The molecule has 0 aliphatic rings. The molecule has 0 aliphatic carbocycles. The van der Waals surface area contributed by atoms with Crippen LogP contribution >= 0.6 is 22.9 Å². The first-order valence-corrected chi connectivity index (χ1v) is 6.60. The second kappa shape index (κ2) is 6.00. The molecular weight excluding hydrogens is 256 g/mol. The van der Waals surface area contributed by atoms with Crippen molar-refractivity contribution in [1.82, 2.24) is 4.98 Å². The van der Waals surface area contributed by atoms with Crippen LogP contribution in [-0.4, -0.2) is 23.2 Å². The molecule has 0 fully saturated rings. The fourth-order valence-electron chi connectivity index (χ4n) is 1.55. The molecule has 2 heterocycles. The van der Waals surface area contributed by atoms with E-state index < -0.39 is 0 Å². The van der Waals surface area contributed by atoms with Crippen molar-refractivity contribution >= 4 is 28.8 Å². The van der Waals surface area contributed by atoms with Crippen LogP contribution in [0.4, 0.5) is 5.82 Å². The van der Waals surface area contributed by atoms with Crippen LogP contribution in [0.2, 0.25) is 5.02 Å². The molecule has 0 aromatic carbocycles. The molecule has 0 atom stereocenters. The number of pyridine rings is 1. The second-order valence-electron chi connectivity index (χ2n) is 3.61. The Hall–Kier alpha value is -1.10. The first-order valence-electron chi connectivity index (χ1n) is 5.28. The van der Waals surface area contributed by atoms with E-state index in [0.29, 0.717) is 11.6 Å². The van der Waals surface area contributed by atoms with Crippen molar-refractivity contribution in [3.05, 3.63) is 45.7 Å². The van der Waals surface area contributed by atoms with E-state index in [9.17, 15) is 0 Å². The summed E-state index contributed by atoms with van der Waals surface area (Å²) in [7, 11) is 0. The van der Waals surface area contributed by atoms with E-state index in [1.807, 2.05) is 22.4 Å². The number of hydrogen-bond acceptors (Lipinski definition) is 4. The van der Waals surface area contributed by atoms with Crippen molar-refractivity contribution in [3.8, 4) is 0 Å². The molecule has 1 N–H and O–H groups in total. The summed E-state index contributed by atoms with van der Waals surface area (Å²) in [5.74, 6) is 0.828. The van der Waals surface area contributed by atoms with Gasteiger partial charge in [-0.25, -0.2) is 4.98 Å². The summed E-state index contributed by atoms with van der Waals surface area (Å²) >= 11 is 7.47. The Bertz CT molecular complexity index is 444. The van der Waals surface area contributed by atoms with Gasteiger partial charge in [-0.1, -0.05) is 11.6 Å². The average Bonchev–Trinajstić information content (AvgIpc) is 2.82. The first kappa shape index (κ1) is 12.4. The molecule has 2 aromatic rings. The number of hydrogen-bond donors (Lipinski definition) is 1.